The number of carbonyl (C=O) groups excluding carboxylic acids is 2. The van der Waals surface area contributed by atoms with E-state index in [4.69, 9.17) is 14.7 Å². The van der Waals surface area contributed by atoms with Crippen molar-refractivity contribution in [3.8, 4) is 11.4 Å². The summed E-state index contributed by atoms with van der Waals surface area (Å²) in [7, 11) is 0. The maximum Gasteiger partial charge on any atom is 0.293 e. The van der Waals surface area contributed by atoms with E-state index in [1.165, 1.54) is 32.1 Å². The van der Waals surface area contributed by atoms with E-state index < -0.39 is 0 Å². The Morgan fingerprint density at radius 1 is 1.05 bits per heavy atom. The number of amides is 1. The second-order valence-corrected chi connectivity index (χ2v) is 13.1. The van der Waals surface area contributed by atoms with Crippen LogP contribution < -0.4 is 5.32 Å². The summed E-state index contributed by atoms with van der Waals surface area (Å²) in [4.78, 5) is 34.0. The molecule has 4 rings (SSSR count). The molecule has 37 heavy (non-hydrogen) atoms. The lowest BCUT2D eigenvalue weighted by Gasteiger charge is -2.34. The molecule has 7 nitrogen and oxygen atoms in total. The van der Waals surface area contributed by atoms with Gasteiger partial charge in [-0.25, -0.2) is 9.97 Å². The van der Waals surface area contributed by atoms with Gasteiger partial charge in [0.05, 0.1) is 22.6 Å². The quantitative estimate of drug-likeness (QED) is 0.473. The summed E-state index contributed by atoms with van der Waals surface area (Å²) in [5.74, 6) is 1.35. The molecule has 0 bridgehead atoms. The molecule has 2 saturated carbocycles. The van der Waals surface area contributed by atoms with Crippen molar-refractivity contribution >= 4 is 12.4 Å². The first-order valence-electron chi connectivity index (χ1n) is 13.9. The lowest BCUT2D eigenvalue weighted by molar-refractivity contribution is -0.138. The van der Waals surface area contributed by atoms with Crippen LogP contribution in [-0.2, 0) is 26.9 Å². The number of carbonyl (C=O) groups is 2. The molecule has 0 aromatic carbocycles. The molecule has 202 valence electrons. The molecule has 0 unspecified atom stereocenters. The van der Waals surface area contributed by atoms with Crippen LogP contribution in [0.4, 0.5) is 0 Å². The second-order valence-electron chi connectivity index (χ2n) is 13.1. The molecule has 0 radical (unpaired) electrons. The number of nitrogens with zero attached hydrogens (tertiary/aromatic N) is 3. The minimum Gasteiger partial charge on any atom is -0.464 e. The molecular formula is C30H44N4O3. The lowest BCUT2D eigenvalue weighted by atomic mass is 9.89. The van der Waals surface area contributed by atoms with Crippen molar-refractivity contribution < 1.29 is 14.3 Å². The molecule has 0 saturated heterocycles. The molecule has 1 amide bonds. The van der Waals surface area contributed by atoms with Crippen molar-refractivity contribution in [1.29, 1.82) is 0 Å². The summed E-state index contributed by atoms with van der Waals surface area (Å²) >= 11 is 0. The average Bonchev–Trinajstić information content (AvgIpc) is 3.13. The zero-order chi connectivity index (χ0) is 27.0. The van der Waals surface area contributed by atoms with Crippen LogP contribution in [0.25, 0.3) is 11.4 Å². The van der Waals surface area contributed by atoms with Gasteiger partial charge >= 0.3 is 0 Å². The van der Waals surface area contributed by atoms with Crippen molar-refractivity contribution in [2.24, 2.45) is 5.92 Å². The van der Waals surface area contributed by atoms with Crippen LogP contribution in [0, 0.1) is 12.8 Å². The van der Waals surface area contributed by atoms with Gasteiger partial charge < -0.3 is 14.6 Å². The standard InChI is InChI=1S/C30H44N4O3/c1-19-23(27(36)31-21-13-22(14-21)37-18-35)15-25(34(19)17-20-11-9-8-10-12-20)24-16-26(29(2,3)4)33-28(32-24)30(5,6)7/h15-16,18,20-22H,8-14,17H2,1-7H3,(H,31,36). The predicted octanol–water partition coefficient (Wildman–Crippen LogP) is 5.86. The van der Waals surface area contributed by atoms with Gasteiger partial charge in [0.1, 0.15) is 11.9 Å². The number of hydrogen-bond donors (Lipinski definition) is 1. The normalized spacial score (nSPS) is 20.8. The van der Waals surface area contributed by atoms with E-state index in [-0.39, 0.29) is 28.9 Å². The van der Waals surface area contributed by atoms with E-state index in [1.807, 2.05) is 6.07 Å². The molecule has 2 aromatic heterocycles. The molecule has 2 aromatic rings. The van der Waals surface area contributed by atoms with Crippen molar-refractivity contribution in [3.63, 3.8) is 0 Å². The molecule has 2 heterocycles. The van der Waals surface area contributed by atoms with Crippen molar-refractivity contribution in [1.82, 2.24) is 19.9 Å². The smallest absolute Gasteiger partial charge is 0.293 e. The van der Waals surface area contributed by atoms with Gasteiger partial charge in [-0.15, -0.1) is 0 Å². The minimum absolute atomic E-state index is 0.0287. The third kappa shape index (κ3) is 6.24. The first-order valence-corrected chi connectivity index (χ1v) is 13.9. The maximum atomic E-state index is 13.4. The van der Waals surface area contributed by atoms with Gasteiger partial charge in [-0.2, -0.15) is 0 Å². The Balaban J connectivity index is 1.74. The molecule has 0 spiro atoms. The Bertz CT molecular complexity index is 1090. The van der Waals surface area contributed by atoms with Crippen LogP contribution in [0.1, 0.15) is 114 Å². The Morgan fingerprint density at radius 2 is 1.73 bits per heavy atom. The predicted molar refractivity (Wildman–Crippen MR) is 146 cm³/mol. The number of ether oxygens (including phenoxy) is 1. The highest BCUT2D eigenvalue weighted by atomic mass is 16.5. The minimum atomic E-state index is -0.198. The van der Waals surface area contributed by atoms with Gasteiger partial charge in [0.25, 0.3) is 12.4 Å². The lowest BCUT2D eigenvalue weighted by Crippen LogP contribution is -2.47. The van der Waals surface area contributed by atoms with Gasteiger partial charge in [0.2, 0.25) is 0 Å². The van der Waals surface area contributed by atoms with E-state index in [1.54, 1.807) is 0 Å². The summed E-state index contributed by atoms with van der Waals surface area (Å²) in [6.07, 6.45) is 7.54. The summed E-state index contributed by atoms with van der Waals surface area (Å²) in [5.41, 5.74) is 4.22. The van der Waals surface area contributed by atoms with Gasteiger partial charge in [-0.3, -0.25) is 9.59 Å². The van der Waals surface area contributed by atoms with E-state index in [0.717, 1.165) is 35.1 Å². The summed E-state index contributed by atoms with van der Waals surface area (Å²) < 4.78 is 7.34. The zero-order valence-electron chi connectivity index (χ0n) is 23.7. The first-order chi connectivity index (χ1) is 17.4. The van der Waals surface area contributed by atoms with Crippen LogP contribution in [0.3, 0.4) is 0 Å². The van der Waals surface area contributed by atoms with E-state index in [9.17, 15) is 9.59 Å². The van der Waals surface area contributed by atoms with E-state index in [0.29, 0.717) is 30.8 Å². The summed E-state index contributed by atoms with van der Waals surface area (Å²) in [6, 6.07) is 4.16. The molecule has 0 aliphatic heterocycles. The van der Waals surface area contributed by atoms with Gasteiger partial charge in [0.15, 0.2) is 0 Å². The Hall–Kier alpha value is -2.70. The molecule has 1 N–H and O–H groups in total. The van der Waals surface area contributed by atoms with Crippen molar-refractivity contribution in [2.45, 2.75) is 123 Å². The highest BCUT2D eigenvalue weighted by Gasteiger charge is 2.33. The maximum absolute atomic E-state index is 13.4. The van der Waals surface area contributed by atoms with Crippen molar-refractivity contribution in [3.05, 3.63) is 34.9 Å². The van der Waals surface area contributed by atoms with Crippen LogP contribution in [-0.4, -0.2) is 39.1 Å². The summed E-state index contributed by atoms with van der Waals surface area (Å²) in [5, 5.41) is 3.15. The number of aromatic nitrogens is 3. The SMILES string of the molecule is Cc1c(C(=O)NC2CC(OC=O)C2)cc(-c2cc(C(C)(C)C)nc(C(C)(C)C)n2)n1CC1CCCCC1. The molecule has 2 aliphatic carbocycles. The Kier molecular flexibility index (Phi) is 7.82. The van der Waals surface area contributed by atoms with Gasteiger partial charge in [0, 0.05) is 42.0 Å². The molecular weight excluding hydrogens is 464 g/mol. The Morgan fingerprint density at radius 3 is 2.32 bits per heavy atom. The van der Waals surface area contributed by atoms with Crippen LogP contribution in [0.15, 0.2) is 12.1 Å². The first kappa shape index (κ1) is 27.3. The average molecular weight is 509 g/mol. The zero-order valence-corrected chi connectivity index (χ0v) is 23.7. The van der Waals surface area contributed by atoms with Crippen LogP contribution >= 0.6 is 0 Å². The number of hydrogen-bond acceptors (Lipinski definition) is 5. The molecule has 7 heteroatoms. The van der Waals surface area contributed by atoms with Crippen molar-refractivity contribution in [2.75, 3.05) is 0 Å². The third-order valence-corrected chi connectivity index (χ3v) is 7.88. The van der Waals surface area contributed by atoms with E-state index >= 15 is 0 Å². The topological polar surface area (TPSA) is 86.1 Å². The Labute approximate surface area is 221 Å². The summed E-state index contributed by atoms with van der Waals surface area (Å²) in [6.45, 7) is 16.4. The third-order valence-electron chi connectivity index (χ3n) is 7.88. The second kappa shape index (κ2) is 10.6. The largest absolute Gasteiger partial charge is 0.464 e. The fraction of sp³-hybridized carbons (Fsp3) is 0.667. The number of nitrogens with one attached hydrogen (secondary N) is 1. The highest BCUT2D eigenvalue weighted by Crippen LogP contribution is 2.34. The van der Waals surface area contributed by atoms with E-state index in [2.05, 4.69) is 64.4 Å². The number of rotatable bonds is 7. The monoisotopic (exact) mass is 508 g/mol. The van der Waals surface area contributed by atoms with Crippen LogP contribution in [0.2, 0.25) is 0 Å². The molecule has 0 atom stereocenters. The fourth-order valence-corrected chi connectivity index (χ4v) is 5.38. The highest BCUT2D eigenvalue weighted by molar-refractivity contribution is 5.97. The van der Waals surface area contributed by atoms with Gasteiger partial charge in [-0.05, 0) is 37.8 Å². The van der Waals surface area contributed by atoms with Gasteiger partial charge in [-0.1, -0.05) is 60.8 Å². The molecule has 2 fully saturated rings. The molecule has 2 aliphatic rings. The fourth-order valence-electron chi connectivity index (χ4n) is 5.38. The van der Waals surface area contributed by atoms with Crippen LogP contribution in [0.5, 0.6) is 0 Å².